The van der Waals surface area contributed by atoms with Gasteiger partial charge in [0, 0.05) is 0 Å². The minimum Gasteiger partial charge on any atom is -0.378 e. The van der Waals surface area contributed by atoms with E-state index in [9.17, 15) is 5.11 Å². The molecule has 0 amide bonds. The molecule has 0 radical (unpaired) electrons. The van der Waals surface area contributed by atoms with E-state index in [1.54, 1.807) is 6.92 Å². The van der Waals surface area contributed by atoms with Crippen molar-refractivity contribution in [2.45, 2.75) is 45.6 Å². The fraction of sp³-hybridized carbons (Fsp3) is 0.800. The van der Waals surface area contributed by atoms with Crippen LogP contribution in [0.1, 0.15) is 40.0 Å². The molecule has 0 aliphatic carbocycles. The molecule has 64 valence electrons. The Bertz CT molecular complexity index is 141. The monoisotopic (exact) mass is 154 g/mol. The Morgan fingerprint density at radius 3 is 2.55 bits per heavy atom. The molecule has 0 heterocycles. The first-order chi connectivity index (χ1) is 5.02. The van der Waals surface area contributed by atoms with Gasteiger partial charge >= 0.3 is 0 Å². The predicted molar refractivity (Wildman–Crippen MR) is 48.1 cm³/mol. The third kappa shape index (κ3) is 4.86. The molecule has 0 rings (SSSR count). The van der Waals surface area contributed by atoms with Crippen molar-refractivity contribution in [2.75, 3.05) is 0 Å². The number of hydrogen-bond acceptors (Lipinski definition) is 1. The second-order valence-electron chi connectivity index (χ2n) is 3.47. The van der Waals surface area contributed by atoms with Crippen LogP contribution in [0.2, 0.25) is 0 Å². The Labute approximate surface area is 69.8 Å². The molecule has 0 aromatic heterocycles. The lowest BCUT2D eigenvalue weighted by Crippen LogP contribution is -2.21. The molecule has 1 heteroatoms. The zero-order chi connectivity index (χ0) is 8.91. The van der Waals surface area contributed by atoms with Crippen molar-refractivity contribution in [3.05, 3.63) is 0 Å². The molecule has 2 atom stereocenters. The van der Waals surface area contributed by atoms with Gasteiger partial charge in [-0.05, 0) is 25.7 Å². The predicted octanol–water partition coefficient (Wildman–Crippen LogP) is 2.20. The Morgan fingerprint density at radius 1 is 1.64 bits per heavy atom. The van der Waals surface area contributed by atoms with Crippen molar-refractivity contribution < 1.29 is 5.11 Å². The zero-order valence-electron chi connectivity index (χ0n) is 7.72. The van der Waals surface area contributed by atoms with Crippen molar-refractivity contribution >= 4 is 0 Å². The maximum atomic E-state index is 9.43. The summed E-state index contributed by atoms with van der Waals surface area (Å²) in [6, 6.07) is 0. The summed E-state index contributed by atoms with van der Waals surface area (Å²) >= 11 is 0. The Balaban J connectivity index is 3.63. The minimum absolute atomic E-state index is 0.662. The Hall–Kier alpha value is -0.480. The van der Waals surface area contributed by atoms with Gasteiger partial charge < -0.3 is 5.11 Å². The summed E-state index contributed by atoms with van der Waals surface area (Å²) in [4.78, 5) is 0. The highest BCUT2D eigenvalue weighted by molar-refractivity contribution is 5.04. The Morgan fingerprint density at radius 2 is 2.18 bits per heavy atom. The average molecular weight is 154 g/mol. The SMILES string of the molecule is C#CC(C)(O)CCC(C)CC. The van der Waals surface area contributed by atoms with E-state index < -0.39 is 5.60 Å². The van der Waals surface area contributed by atoms with Crippen LogP contribution < -0.4 is 0 Å². The van der Waals surface area contributed by atoms with E-state index in [-0.39, 0.29) is 0 Å². The fourth-order valence-corrected chi connectivity index (χ4v) is 0.804. The number of hydrogen-bond donors (Lipinski definition) is 1. The molecular formula is C10H18O. The lowest BCUT2D eigenvalue weighted by molar-refractivity contribution is 0.104. The minimum atomic E-state index is -0.899. The van der Waals surface area contributed by atoms with Crippen molar-refractivity contribution in [3.63, 3.8) is 0 Å². The molecule has 11 heavy (non-hydrogen) atoms. The van der Waals surface area contributed by atoms with E-state index in [1.165, 1.54) is 0 Å². The van der Waals surface area contributed by atoms with Crippen molar-refractivity contribution in [2.24, 2.45) is 5.92 Å². The largest absolute Gasteiger partial charge is 0.378 e. The quantitative estimate of drug-likeness (QED) is 0.615. The van der Waals surface area contributed by atoms with Crippen molar-refractivity contribution in [1.82, 2.24) is 0 Å². The van der Waals surface area contributed by atoms with Gasteiger partial charge in [-0.3, -0.25) is 0 Å². The molecule has 0 fully saturated rings. The third-order valence-corrected chi connectivity index (χ3v) is 2.13. The third-order valence-electron chi connectivity index (χ3n) is 2.13. The number of aliphatic hydroxyl groups is 1. The van der Waals surface area contributed by atoms with Gasteiger partial charge in [0.05, 0.1) is 0 Å². The molecule has 0 aromatic carbocycles. The summed E-state index contributed by atoms with van der Waals surface area (Å²) in [5, 5.41) is 9.43. The zero-order valence-corrected chi connectivity index (χ0v) is 7.72. The standard InChI is InChI=1S/C10H18O/c1-5-9(3)7-8-10(4,11)6-2/h2,9,11H,5,7-8H2,1,3-4H3. The summed E-state index contributed by atoms with van der Waals surface area (Å²) < 4.78 is 0. The summed E-state index contributed by atoms with van der Waals surface area (Å²) in [6.07, 6.45) is 8.00. The summed E-state index contributed by atoms with van der Waals surface area (Å²) in [7, 11) is 0. The molecule has 0 aliphatic heterocycles. The highest BCUT2D eigenvalue weighted by atomic mass is 16.3. The van der Waals surface area contributed by atoms with E-state index >= 15 is 0 Å². The molecule has 2 unspecified atom stereocenters. The molecule has 1 nitrogen and oxygen atoms in total. The summed E-state index contributed by atoms with van der Waals surface area (Å²) in [5.74, 6) is 3.04. The van der Waals surface area contributed by atoms with Crippen LogP contribution in [0.25, 0.3) is 0 Å². The van der Waals surface area contributed by atoms with Gasteiger partial charge in [0.25, 0.3) is 0 Å². The number of terminal acetylenes is 1. The van der Waals surface area contributed by atoms with E-state index in [0.29, 0.717) is 12.3 Å². The van der Waals surface area contributed by atoms with Crippen LogP contribution in [0.15, 0.2) is 0 Å². The first-order valence-corrected chi connectivity index (χ1v) is 4.22. The van der Waals surface area contributed by atoms with Gasteiger partial charge in [0.2, 0.25) is 0 Å². The smallest absolute Gasteiger partial charge is 0.122 e. The van der Waals surface area contributed by atoms with Gasteiger partial charge in [-0.1, -0.05) is 26.2 Å². The molecule has 1 N–H and O–H groups in total. The van der Waals surface area contributed by atoms with Gasteiger partial charge in [0.1, 0.15) is 5.60 Å². The topological polar surface area (TPSA) is 20.2 Å². The lowest BCUT2D eigenvalue weighted by Gasteiger charge is -2.17. The van der Waals surface area contributed by atoms with Gasteiger partial charge in [0.15, 0.2) is 0 Å². The normalized spacial score (nSPS) is 18.5. The van der Waals surface area contributed by atoms with Gasteiger partial charge in [-0.25, -0.2) is 0 Å². The highest BCUT2D eigenvalue weighted by Gasteiger charge is 2.16. The van der Waals surface area contributed by atoms with Crippen LogP contribution in [0, 0.1) is 18.3 Å². The highest BCUT2D eigenvalue weighted by Crippen LogP contribution is 2.17. The summed E-state index contributed by atoms with van der Waals surface area (Å²) in [5.41, 5.74) is -0.899. The second-order valence-corrected chi connectivity index (χ2v) is 3.47. The van der Waals surface area contributed by atoms with Crippen LogP contribution in [-0.4, -0.2) is 10.7 Å². The molecule has 0 spiro atoms. The van der Waals surface area contributed by atoms with E-state index in [2.05, 4.69) is 19.8 Å². The summed E-state index contributed by atoms with van der Waals surface area (Å²) in [6.45, 7) is 6.01. The van der Waals surface area contributed by atoms with Gasteiger partial charge in [-0.2, -0.15) is 0 Å². The molecule has 0 aliphatic rings. The van der Waals surface area contributed by atoms with Crippen LogP contribution in [0.4, 0.5) is 0 Å². The van der Waals surface area contributed by atoms with Crippen molar-refractivity contribution in [3.8, 4) is 12.3 Å². The first kappa shape index (κ1) is 10.5. The molecule has 0 bridgehead atoms. The molecule has 0 aromatic rings. The molecular weight excluding hydrogens is 136 g/mol. The Kier molecular flexibility index (Phi) is 4.22. The maximum absolute atomic E-state index is 9.43. The van der Waals surface area contributed by atoms with Crippen LogP contribution >= 0.6 is 0 Å². The molecule has 0 saturated heterocycles. The van der Waals surface area contributed by atoms with E-state index in [1.807, 2.05) is 0 Å². The van der Waals surface area contributed by atoms with Gasteiger partial charge in [-0.15, -0.1) is 6.42 Å². The average Bonchev–Trinajstić information content (AvgIpc) is 2.00. The van der Waals surface area contributed by atoms with Crippen LogP contribution in [0.5, 0.6) is 0 Å². The van der Waals surface area contributed by atoms with Crippen LogP contribution in [-0.2, 0) is 0 Å². The van der Waals surface area contributed by atoms with E-state index in [4.69, 9.17) is 6.42 Å². The molecule has 0 saturated carbocycles. The lowest BCUT2D eigenvalue weighted by atomic mass is 9.94. The second kappa shape index (κ2) is 4.41. The van der Waals surface area contributed by atoms with E-state index in [0.717, 1.165) is 12.8 Å². The number of rotatable bonds is 4. The van der Waals surface area contributed by atoms with Crippen molar-refractivity contribution in [1.29, 1.82) is 0 Å². The first-order valence-electron chi connectivity index (χ1n) is 4.22. The van der Waals surface area contributed by atoms with Crippen LogP contribution in [0.3, 0.4) is 0 Å². The fourth-order valence-electron chi connectivity index (χ4n) is 0.804. The maximum Gasteiger partial charge on any atom is 0.122 e.